The van der Waals surface area contributed by atoms with Crippen molar-refractivity contribution in [2.24, 2.45) is 5.92 Å². The maximum atomic E-state index is 9.05. The van der Waals surface area contributed by atoms with Crippen LogP contribution >= 0.6 is 0 Å². The van der Waals surface area contributed by atoms with Gasteiger partial charge in [-0.15, -0.1) is 0 Å². The Kier molecular flexibility index (Phi) is 2.33. The Morgan fingerprint density at radius 1 is 1.50 bits per heavy atom. The van der Waals surface area contributed by atoms with Crippen LogP contribution in [0.25, 0.3) is 0 Å². The first kappa shape index (κ1) is 7.61. The summed E-state index contributed by atoms with van der Waals surface area (Å²) in [5.41, 5.74) is 0. The fraction of sp³-hybridized carbons (Fsp3) is 0.750. The van der Waals surface area contributed by atoms with Crippen molar-refractivity contribution < 1.29 is 5.11 Å². The molecule has 1 aliphatic rings. The summed E-state index contributed by atoms with van der Waals surface area (Å²) in [4.78, 5) is 2.28. The first-order valence-corrected chi connectivity index (χ1v) is 3.76. The van der Waals surface area contributed by atoms with Crippen molar-refractivity contribution in [2.45, 2.75) is 12.8 Å². The molecule has 0 aliphatic carbocycles. The predicted molar refractivity (Wildman–Crippen MR) is 42.0 cm³/mol. The van der Waals surface area contributed by atoms with Crippen molar-refractivity contribution in [1.29, 1.82) is 0 Å². The van der Waals surface area contributed by atoms with Crippen LogP contribution in [-0.4, -0.2) is 30.1 Å². The molecule has 2 heteroatoms. The molecule has 1 N–H and O–H groups in total. The predicted octanol–water partition coefficient (Wildman–Crippen LogP) is 1.40. The van der Waals surface area contributed by atoms with E-state index in [4.69, 9.17) is 5.11 Å². The van der Waals surface area contributed by atoms with Gasteiger partial charge in [0.2, 0.25) is 0 Å². The second kappa shape index (κ2) is 3.06. The molecule has 0 aromatic heterocycles. The fourth-order valence-corrected chi connectivity index (χ4v) is 1.34. The molecule has 1 saturated heterocycles. The lowest BCUT2D eigenvalue weighted by Gasteiger charge is -2.27. The quantitative estimate of drug-likeness (QED) is 0.558. The van der Waals surface area contributed by atoms with E-state index in [9.17, 15) is 0 Å². The average Bonchev–Trinajstić information content (AvgIpc) is 1.88. The molecular formula is C8H15NO. The van der Waals surface area contributed by atoms with Gasteiger partial charge in [0.15, 0.2) is 0 Å². The highest BCUT2D eigenvalue weighted by molar-refractivity contribution is 4.91. The molecule has 58 valence electrons. The van der Waals surface area contributed by atoms with Crippen LogP contribution < -0.4 is 0 Å². The average molecular weight is 141 g/mol. The van der Waals surface area contributed by atoms with Gasteiger partial charge in [-0.3, -0.25) is 0 Å². The number of hydrogen-bond donors (Lipinski definition) is 1. The molecule has 0 spiro atoms. The molecule has 1 aliphatic heterocycles. The normalized spacial score (nSPS) is 22.9. The van der Waals surface area contributed by atoms with Crippen LogP contribution in [0.3, 0.4) is 0 Å². The van der Waals surface area contributed by atoms with Crippen LogP contribution in [0.4, 0.5) is 0 Å². The van der Waals surface area contributed by atoms with E-state index in [0.29, 0.717) is 11.7 Å². The zero-order valence-electron chi connectivity index (χ0n) is 6.51. The van der Waals surface area contributed by atoms with Gasteiger partial charge in [-0.2, -0.15) is 0 Å². The van der Waals surface area contributed by atoms with Crippen LogP contribution in [0.1, 0.15) is 12.8 Å². The molecule has 1 rings (SSSR count). The van der Waals surface area contributed by atoms with Crippen molar-refractivity contribution in [3.63, 3.8) is 0 Å². The Morgan fingerprint density at radius 2 is 2.00 bits per heavy atom. The van der Waals surface area contributed by atoms with Crippen molar-refractivity contribution >= 4 is 0 Å². The molecule has 1 heterocycles. The zero-order valence-corrected chi connectivity index (χ0v) is 6.51. The number of piperidine rings is 1. The lowest BCUT2D eigenvalue weighted by molar-refractivity contribution is 0.200. The van der Waals surface area contributed by atoms with Crippen LogP contribution in [0.5, 0.6) is 0 Å². The first-order chi connectivity index (χ1) is 4.70. The highest BCUT2D eigenvalue weighted by Crippen LogP contribution is 2.20. The minimum Gasteiger partial charge on any atom is -0.513 e. The van der Waals surface area contributed by atoms with Crippen molar-refractivity contribution in [3.05, 3.63) is 12.3 Å². The summed E-state index contributed by atoms with van der Waals surface area (Å²) < 4.78 is 0. The van der Waals surface area contributed by atoms with Gasteiger partial charge in [0, 0.05) is 5.92 Å². The molecule has 0 unspecified atom stereocenters. The zero-order chi connectivity index (χ0) is 7.56. The topological polar surface area (TPSA) is 23.5 Å². The van der Waals surface area contributed by atoms with E-state index < -0.39 is 0 Å². The van der Waals surface area contributed by atoms with Crippen molar-refractivity contribution in [3.8, 4) is 0 Å². The summed E-state index contributed by atoms with van der Waals surface area (Å²) in [5, 5.41) is 9.05. The number of likely N-dealkylation sites (tertiary alicyclic amines) is 1. The van der Waals surface area contributed by atoms with E-state index in [-0.39, 0.29) is 0 Å². The van der Waals surface area contributed by atoms with Gasteiger partial charge in [-0.05, 0) is 33.0 Å². The molecule has 10 heavy (non-hydrogen) atoms. The molecule has 0 saturated carbocycles. The van der Waals surface area contributed by atoms with E-state index in [1.807, 2.05) is 0 Å². The molecule has 0 aromatic rings. The van der Waals surface area contributed by atoms with Gasteiger partial charge in [-0.25, -0.2) is 0 Å². The van der Waals surface area contributed by atoms with Gasteiger partial charge < -0.3 is 10.0 Å². The summed E-state index contributed by atoms with van der Waals surface area (Å²) in [6.07, 6.45) is 2.12. The molecule has 0 bridgehead atoms. The molecule has 0 aromatic carbocycles. The monoisotopic (exact) mass is 141 g/mol. The Balaban J connectivity index is 2.33. The SMILES string of the molecule is C=C(O)C1CCN(C)CC1. The van der Waals surface area contributed by atoms with Gasteiger partial charge in [0.05, 0.1) is 5.76 Å². The summed E-state index contributed by atoms with van der Waals surface area (Å²) in [5.74, 6) is 0.726. The maximum absolute atomic E-state index is 9.05. The minimum atomic E-state index is 0.358. The summed E-state index contributed by atoms with van der Waals surface area (Å²) >= 11 is 0. The van der Waals surface area contributed by atoms with Gasteiger partial charge in [0.1, 0.15) is 0 Å². The smallest absolute Gasteiger partial charge is 0.0882 e. The van der Waals surface area contributed by atoms with E-state index >= 15 is 0 Å². The van der Waals surface area contributed by atoms with Gasteiger partial charge >= 0.3 is 0 Å². The maximum Gasteiger partial charge on any atom is 0.0882 e. The van der Waals surface area contributed by atoms with Crippen molar-refractivity contribution in [2.75, 3.05) is 20.1 Å². The number of nitrogens with zero attached hydrogens (tertiary/aromatic N) is 1. The Morgan fingerprint density at radius 3 is 2.40 bits per heavy atom. The van der Waals surface area contributed by atoms with E-state index in [0.717, 1.165) is 25.9 Å². The van der Waals surface area contributed by atoms with Gasteiger partial charge in [-0.1, -0.05) is 6.58 Å². The lowest BCUT2D eigenvalue weighted by atomic mass is 9.96. The van der Waals surface area contributed by atoms with Crippen molar-refractivity contribution in [1.82, 2.24) is 4.90 Å². The second-order valence-corrected chi connectivity index (χ2v) is 3.07. The third kappa shape index (κ3) is 1.74. The third-order valence-corrected chi connectivity index (χ3v) is 2.19. The van der Waals surface area contributed by atoms with Crippen LogP contribution in [0.15, 0.2) is 12.3 Å². The molecule has 1 fully saturated rings. The highest BCUT2D eigenvalue weighted by atomic mass is 16.3. The van der Waals surface area contributed by atoms with E-state index in [2.05, 4.69) is 18.5 Å². The number of hydrogen-bond acceptors (Lipinski definition) is 2. The minimum absolute atomic E-state index is 0.358. The number of allylic oxidation sites excluding steroid dienone is 1. The second-order valence-electron chi connectivity index (χ2n) is 3.07. The number of aliphatic hydroxyl groups excluding tert-OH is 1. The van der Waals surface area contributed by atoms with Crippen LogP contribution in [0.2, 0.25) is 0 Å². The van der Waals surface area contributed by atoms with Gasteiger partial charge in [0.25, 0.3) is 0 Å². The van der Waals surface area contributed by atoms with Crippen LogP contribution in [0, 0.1) is 5.92 Å². The Labute approximate surface area is 62.2 Å². The lowest BCUT2D eigenvalue weighted by Crippen LogP contribution is -2.30. The van der Waals surface area contributed by atoms with E-state index in [1.54, 1.807) is 0 Å². The molecule has 0 atom stereocenters. The Bertz CT molecular complexity index is 125. The fourth-order valence-electron chi connectivity index (χ4n) is 1.34. The molecule has 0 amide bonds. The largest absolute Gasteiger partial charge is 0.513 e. The Hall–Kier alpha value is -0.500. The molecule has 0 radical (unpaired) electrons. The number of aliphatic hydroxyl groups is 1. The summed E-state index contributed by atoms with van der Waals surface area (Å²) in [6.45, 7) is 5.72. The third-order valence-electron chi connectivity index (χ3n) is 2.19. The van der Waals surface area contributed by atoms with Crippen LogP contribution in [-0.2, 0) is 0 Å². The molecule has 2 nitrogen and oxygen atoms in total. The summed E-state index contributed by atoms with van der Waals surface area (Å²) in [7, 11) is 2.11. The van der Waals surface area contributed by atoms with E-state index in [1.165, 1.54) is 0 Å². The number of rotatable bonds is 1. The summed E-state index contributed by atoms with van der Waals surface area (Å²) in [6, 6.07) is 0. The molecular weight excluding hydrogens is 126 g/mol. The first-order valence-electron chi connectivity index (χ1n) is 3.76. The standard InChI is InChI=1S/C8H15NO/c1-7(10)8-3-5-9(2)6-4-8/h8,10H,1,3-6H2,2H3. The highest BCUT2D eigenvalue weighted by Gasteiger charge is 2.18.